The first-order chi connectivity index (χ1) is 10.4. The zero-order valence-electron chi connectivity index (χ0n) is 13.6. The molecule has 1 aromatic rings. The standard InChI is InChI=1S/C17H25ClN2O2/c1-12-9-14(6-7-16(12)18)17(22)19(3)13(2)5-4-8-20-10-15(21)11-20/h6-7,9,13,15,21H,4-5,8,10-11H2,1-3H3. The lowest BCUT2D eigenvalue weighted by Crippen LogP contribution is -2.50. The van der Waals surface area contributed by atoms with Gasteiger partial charge in [-0.15, -0.1) is 0 Å². The lowest BCUT2D eigenvalue weighted by atomic mass is 10.1. The Kier molecular flexibility index (Phi) is 5.84. The van der Waals surface area contributed by atoms with Crippen molar-refractivity contribution in [2.24, 2.45) is 0 Å². The van der Waals surface area contributed by atoms with Gasteiger partial charge in [-0.25, -0.2) is 0 Å². The van der Waals surface area contributed by atoms with Crippen molar-refractivity contribution in [1.29, 1.82) is 0 Å². The third-order valence-corrected chi connectivity index (χ3v) is 4.84. The molecule has 1 unspecified atom stereocenters. The van der Waals surface area contributed by atoms with Crippen LogP contribution in [0.15, 0.2) is 18.2 Å². The van der Waals surface area contributed by atoms with Gasteiger partial charge in [0, 0.05) is 36.8 Å². The molecule has 1 fully saturated rings. The van der Waals surface area contributed by atoms with E-state index < -0.39 is 0 Å². The average Bonchev–Trinajstić information content (AvgIpc) is 2.46. The highest BCUT2D eigenvalue weighted by Gasteiger charge is 2.24. The molecule has 0 aromatic heterocycles. The topological polar surface area (TPSA) is 43.8 Å². The fraction of sp³-hybridized carbons (Fsp3) is 0.588. The molecule has 1 atom stereocenters. The van der Waals surface area contributed by atoms with E-state index in [1.54, 1.807) is 17.0 Å². The summed E-state index contributed by atoms with van der Waals surface area (Å²) in [7, 11) is 1.85. The average molecular weight is 325 g/mol. The van der Waals surface area contributed by atoms with E-state index in [-0.39, 0.29) is 18.1 Å². The maximum Gasteiger partial charge on any atom is 0.253 e. The molecule has 4 nitrogen and oxygen atoms in total. The molecule has 0 radical (unpaired) electrons. The van der Waals surface area contributed by atoms with E-state index in [1.807, 2.05) is 20.0 Å². The Balaban J connectivity index is 1.82. The van der Waals surface area contributed by atoms with Gasteiger partial charge < -0.3 is 10.0 Å². The second-order valence-corrected chi connectivity index (χ2v) is 6.69. The number of rotatable bonds is 6. The molecule has 2 rings (SSSR count). The number of β-amino-alcohol motifs (C(OH)–C–C–N with tert-alkyl or cyclic N) is 1. The number of aliphatic hydroxyl groups excluding tert-OH is 1. The second-order valence-electron chi connectivity index (χ2n) is 6.28. The number of hydrogen-bond acceptors (Lipinski definition) is 3. The number of aryl methyl sites for hydroxylation is 1. The molecule has 1 aliphatic rings. The van der Waals surface area contributed by atoms with Crippen molar-refractivity contribution in [3.63, 3.8) is 0 Å². The maximum absolute atomic E-state index is 12.5. The molecule has 0 saturated carbocycles. The van der Waals surface area contributed by atoms with E-state index in [0.29, 0.717) is 10.6 Å². The van der Waals surface area contributed by atoms with Crippen molar-refractivity contribution in [2.75, 3.05) is 26.7 Å². The zero-order chi connectivity index (χ0) is 16.3. The number of carbonyl (C=O) groups excluding carboxylic acids is 1. The summed E-state index contributed by atoms with van der Waals surface area (Å²) in [6, 6.07) is 5.59. The largest absolute Gasteiger partial charge is 0.390 e. The van der Waals surface area contributed by atoms with Crippen LogP contribution in [-0.4, -0.2) is 59.6 Å². The van der Waals surface area contributed by atoms with Gasteiger partial charge in [-0.05, 0) is 57.0 Å². The lowest BCUT2D eigenvalue weighted by Gasteiger charge is -2.36. The summed E-state index contributed by atoms with van der Waals surface area (Å²) in [5.41, 5.74) is 1.60. The van der Waals surface area contributed by atoms with Crippen LogP contribution in [0.1, 0.15) is 35.7 Å². The van der Waals surface area contributed by atoms with Gasteiger partial charge in [-0.2, -0.15) is 0 Å². The Labute approximate surface area is 137 Å². The van der Waals surface area contributed by atoms with Crippen molar-refractivity contribution in [1.82, 2.24) is 9.80 Å². The molecule has 0 spiro atoms. The second kappa shape index (κ2) is 7.44. The number of hydrogen-bond donors (Lipinski definition) is 1. The number of carbonyl (C=O) groups is 1. The van der Waals surface area contributed by atoms with Gasteiger partial charge in [0.05, 0.1) is 6.10 Å². The molecule has 1 heterocycles. The smallest absolute Gasteiger partial charge is 0.253 e. The number of aliphatic hydroxyl groups is 1. The molecule has 0 aliphatic carbocycles. The quantitative estimate of drug-likeness (QED) is 0.874. The van der Waals surface area contributed by atoms with Gasteiger partial charge in [0.1, 0.15) is 0 Å². The van der Waals surface area contributed by atoms with Gasteiger partial charge in [-0.3, -0.25) is 9.69 Å². The van der Waals surface area contributed by atoms with Crippen molar-refractivity contribution in [3.8, 4) is 0 Å². The molecule has 1 saturated heterocycles. The van der Waals surface area contributed by atoms with Crippen LogP contribution in [0.25, 0.3) is 0 Å². The Morgan fingerprint density at radius 1 is 1.50 bits per heavy atom. The van der Waals surface area contributed by atoms with Crippen molar-refractivity contribution in [3.05, 3.63) is 34.3 Å². The molecular weight excluding hydrogens is 300 g/mol. The van der Waals surface area contributed by atoms with Crippen LogP contribution in [0.5, 0.6) is 0 Å². The van der Waals surface area contributed by atoms with Gasteiger partial charge in [-0.1, -0.05) is 11.6 Å². The van der Waals surface area contributed by atoms with E-state index in [4.69, 9.17) is 11.6 Å². The number of likely N-dealkylation sites (tertiary alicyclic amines) is 1. The third kappa shape index (κ3) is 4.22. The normalized spacial score (nSPS) is 17.1. The molecular formula is C17H25ClN2O2. The summed E-state index contributed by atoms with van der Waals surface area (Å²) in [6.45, 7) is 6.54. The predicted octanol–water partition coefficient (Wildman–Crippen LogP) is 2.57. The minimum absolute atomic E-state index is 0.0339. The number of amides is 1. The summed E-state index contributed by atoms with van der Waals surface area (Å²) >= 11 is 6.01. The first kappa shape index (κ1) is 17.3. The highest BCUT2D eigenvalue weighted by molar-refractivity contribution is 6.31. The Morgan fingerprint density at radius 2 is 2.18 bits per heavy atom. The van der Waals surface area contributed by atoms with Crippen LogP contribution < -0.4 is 0 Å². The van der Waals surface area contributed by atoms with Crippen molar-refractivity contribution in [2.45, 2.75) is 38.8 Å². The maximum atomic E-state index is 12.5. The molecule has 1 aromatic carbocycles. The monoisotopic (exact) mass is 324 g/mol. The highest BCUT2D eigenvalue weighted by atomic mass is 35.5. The van der Waals surface area contributed by atoms with Crippen molar-refractivity contribution < 1.29 is 9.90 Å². The molecule has 1 N–H and O–H groups in total. The molecule has 1 amide bonds. The van der Waals surface area contributed by atoms with Gasteiger partial charge >= 0.3 is 0 Å². The van der Waals surface area contributed by atoms with Crippen LogP contribution >= 0.6 is 11.6 Å². The fourth-order valence-corrected chi connectivity index (χ4v) is 2.83. The summed E-state index contributed by atoms with van der Waals surface area (Å²) in [5, 5.41) is 9.94. The Bertz CT molecular complexity index is 529. The number of benzene rings is 1. The van der Waals surface area contributed by atoms with Crippen LogP contribution in [0, 0.1) is 6.92 Å². The molecule has 5 heteroatoms. The van der Waals surface area contributed by atoms with Crippen LogP contribution in [-0.2, 0) is 0 Å². The first-order valence-corrected chi connectivity index (χ1v) is 8.20. The van der Waals surface area contributed by atoms with Crippen molar-refractivity contribution >= 4 is 17.5 Å². The van der Waals surface area contributed by atoms with Gasteiger partial charge in [0.2, 0.25) is 0 Å². The summed E-state index contributed by atoms with van der Waals surface area (Å²) < 4.78 is 0. The summed E-state index contributed by atoms with van der Waals surface area (Å²) in [4.78, 5) is 16.5. The Hall–Kier alpha value is -1.10. The van der Waals surface area contributed by atoms with E-state index in [2.05, 4.69) is 11.8 Å². The van der Waals surface area contributed by atoms with Crippen LogP contribution in [0.4, 0.5) is 0 Å². The zero-order valence-corrected chi connectivity index (χ0v) is 14.3. The molecule has 22 heavy (non-hydrogen) atoms. The third-order valence-electron chi connectivity index (χ3n) is 4.42. The molecule has 122 valence electrons. The molecule has 1 aliphatic heterocycles. The molecule has 0 bridgehead atoms. The highest BCUT2D eigenvalue weighted by Crippen LogP contribution is 2.18. The Morgan fingerprint density at radius 3 is 2.77 bits per heavy atom. The fourth-order valence-electron chi connectivity index (χ4n) is 2.71. The van der Waals surface area contributed by atoms with Gasteiger partial charge in [0.15, 0.2) is 0 Å². The van der Waals surface area contributed by atoms with Crippen LogP contribution in [0.3, 0.4) is 0 Å². The van der Waals surface area contributed by atoms with E-state index in [0.717, 1.165) is 38.0 Å². The minimum atomic E-state index is -0.144. The van der Waals surface area contributed by atoms with Crippen LogP contribution in [0.2, 0.25) is 5.02 Å². The lowest BCUT2D eigenvalue weighted by molar-refractivity contribution is 0.000800. The first-order valence-electron chi connectivity index (χ1n) is 7.82. The van der Waals surface area contributed by atoms with Gasteiger partial charge in [0.25, 0.3) is 5.91 Å². The predicted molar refractivity (Wildman–Crippen MR) is 89.4 cm³/mol. The van der Waals surface area contributed by atoms with E-state index in [9.17, 15) is 9.90 Å². The minimum Gasteiger partial charge on any atom is -0.390 e. The number of nitrogens with zero attached hydrogens (tertiary/aromatic N) is 2. The summed E-state index contributed by atoms with van der Waals surface area (Å²) in [6.07, 6.45) is 1.85. The summed E-state index contributed by atoms with van der Waals surface area (Å²) in [5.74, 6) is 0.0339. The van der Waals surface area contributed by atoms with E-state index in [1.165, 1.54) is 0 Å². The SMILES string of the molecule is Cc1cc(C(=O)N(C)C(C)CCCN2CC(O)C2)ccc1Cl. The number of halogens is 1. The van der Waals surface area contributed by atoms with E-state index >= 15 is 0 Å².